The molecule has 0 unspecified atom stereocenters. The van der Waals surface area contributed by atoms with Crippen LogP contribution in [0.2, 0.25) is 0 Å². The fourth-order valence-electron chi connectivity index (χ4n) is 3.27. The van der Waals surface area contributed by atoms with E-state index in [1.807, 2.05) is 24.3 Å². The van der Waals surface area contributed by atoms with Gasteiger partial charge in [-0.3, -0.25) is 0 Å². The van der Waals surface area contributed by atoms with Crippen LogP contribution in [0.3, 0.4) is 0 Å². The molecule has 27 heavy (non-hydrogen) atoms. The predicted molar refractivity (Wildman–Crippen MR) is 107 cm³/mol. The third-order valence-corrected chi connectivity index (χ3v) is 4.77. The van der Waals surface area contributed by atoms with Gasteiger partial charge in [0.25, 0.3) is 0 Å². The average molecular weight is 372 g/mol. The Morgan fingerprint density at radius 3 is 2.70 bits per heavy atom. The fourth-order valence-corrected chi connectivity index (χ4v) is 3.27. The van der Waals surface area contributed by atoms with Crippen LogP contribution in [0.15, 0.2) is 24.3 Å². The number of nitrogens with one attached hydrogen (secondary N) is 2. The first kappa shape index (κ1) is 19.2. The Hall–Kier alpha value is -2.61. The Bertz CT molecular complexity index is 774. The van der Waals surface area contributed by atoms with Crippen LogP contribution >= 0.6 is 0 Å². The SMILES string of the molecule is CN(C)CCCNc1nc(NC2CCN(C(=O)O)CC2)c2ccccc2n1. The van der Waals surface area contributed by atoms with E-state index in [2.05, 4.69) is 39.6 Å². The van der Waals surface area contributed by atoms with Crippen LogP contribution in [0.25, 0.3) is 10.9 Å². The Morgan fingerprint density at radius 1 is 1.26 bits per heavy atom. The summed E-state index contributed by atoms with van der Waals surface area (Å²) in [5.74, 6) is 1.43. The summed E-state index contributed by atoms with van der Waals surface area (Å²) in [4.78, 5) is 24.0. The number of piperidine rings is 1. The Balaban J connectivity index is 1.70. The number of rotatable bonds is 7. The number of para-hydroxylation sites is 1. The van der Waals surface area contributed by atoms with Gasteiger partial charge >= 0.3 is 6.09 Å². The molecule has 3 N–H and O–H groups in total. The second kappa shape index (κ2) is 8.85. The molecule has 1 aromatic heterocycles. The van der Waals surface area contributed by atoms with Crippen molar-refractivity contribution in [1.82, 2.24) is 19.8 Å². The van der Waals surface area contributed by atoms with E-state index in [0.29, 0.717) is 19.0 Å². The number of amides is 1. The van der Waals surface area contributed by atoms with Crippen molar-refractivity contribution in [2.45, 2.75) is 25.3 Å². The first-order chi connectivity index (χ1) is 13.0. The number of benzene rings is 1. The highest BCUT2D eigenvalue weighted by Gasteiger charge is 2.23. The van der Waals surface area contributed by atoms with Crippen LogP contribution in [0.5, 0.6) is 0 Å². The molecule has 0 spiro atoms. The molecule has 1 fully saturated rings. The van der Waals surface area contributed by atoms with Crippen LogP contribution in [0.1, 0.15) is 19.3 Å². The molecule has 8 nitrogen and oxygen atoms in total. The highest BCUT2D eigenvalue weighted by atomic mass is 16.4. The largest absolute Gasteiger partial charge is 0.465 e. The second-order valence-corrected chi connectivity index (χ2v) is 7.18. The van der Waals surface area contributed by atoms with Gasteiger partial charge in [-0.1, -0.05) is 12.1 Å². The molecule has 1 aliphatic heterocycles. The summed E-state index contributed by atoms with van der Waals surface area (Å²) < 4.78 is 0. The molecule has 2 heterocycles. The summed E-state index contributed by atoms with van der Waals surface area (Å²) in [6, 6.07) is 8.16. The highest BCUT2D eigenvalue weighted by molar-refractivity contribution is 5.90. The number of hydrogen-bond acceptors (Lipinski definition) is 6. The maximum atomic E-state index is 11.1. The lowest BCUT2D eigenvalue weighted by Crippen LogP contribution is -2.41. The normalized spacial score (nSPS) is 15.3. The molecule has 1 aliphatic rings. The van der Waals surface area contributed by atoms with E-state index in [-0.39, 0.29) is 6.04 Å². The van der Waals surface area contributed by atoms with Gasteiger partial charge in [-0.05, 0) is 52.0 Å². The zero-order valence-electron chi connectivity index (χ0n) is 16.0. The third kappa shape index (κ3) is 5.19. The fraction of sp³-hybridized carbons (Fsp3) is 0.526. The minimum absolute atomic E-state index is 0.209. The third-order valence-electron chi connectivity index (χ3n) is 4.77. The molecule has 3 rings (SSSR count). The number of nitrogens with zero attached hydrogens (tertiary/aromatic N) is 4. The van der Waals surface area contributed by atoms with E-state index < -0.39 is 6.09 Å². The molecule has 1 amide bonds. The van der Waals surface area contributed by atoms with Crippen LogP contribution in [-0.4, -0.2) is 77.3 Å². The van der Waals surface area contributed by atoms with E-state index in [4.69, 9.17) is 5.11 Å². The number of carbonyl (C=O) groups is 1. The average Bonchev–Trinajstić information content (AvgIpc) is 2.65. The number of anilines is 2. The van der Waals surface area contributed by atoms with Gasteiger partial charge in [-0.25, -0.2) is 9.78 Å². The van der Waals surface area contributed by atoms with Crippen molar-refractivity contribution in [3.05, 3.63) is 24.3 Å². The smallest absolute Gasteiger partial charge is 0.407 e. The van der Waals surface area contributed by atoms with E-state index in [0.717, 1.165) is 49.1 Å². The molecule has 0 radical (unpaired) electrons. The summed E-state index contributed by atoms with van der Waals surface area (Å²) in [5, 5.41) is 16.9. The van der Waals surface area contributed by atoms with Crippen LogP contribution < -0.4 is 10.6 Å². The summed E-state index contributed by atoms with van der Waals surface area (Å²) in [6.07, 6.45) is 1.72. The predicted octanol–water partition coefficient (Wildman–Crippen LogP) is 2.55. The van der Waals surface area contributed by atoms with Crippen molar-refractivity contribution >= 4 is 28.8 Å². The summed E-state index contributed by atoms with van der Waals surface area (Å²) in [7, 11) is 4.12. The monoisotopic (exact) mass is 372 g/mol. The molecule has 1 aromatic carbocycles. The van der Waals surface area contributed by atoms with Crippen molar-refractivity contribution in [2.75, 3.05) is 50.9 Å². The van der Waals surface area contributed by atoms with Gasteiger partial charge in [-0.15, -0.1) is 0 Å². The Morgan fingerprint density at radius 2 is 2.00 bits per heavy atom. The lowest BCUT2D eigenvalue weighted by Gasteiger charge is -2.31. The standard InChI is InChI=1S/C19H28N6O2/c1-24(2)11-5-10-20-18-22-16-7-4-3-6-15(16)17(23-18)21-14-8-12-25(13-9-14)19(26)27/h3-4,6-7,14H,5,8-13H2,1-2H3,(H,26,27)(H2,20,21,22,23). The van der Waals surface area contributed by atoms with E-state index in [1.165, 1.54) is 4.90 Å². The maximum absolute atomic E-state index is 11.1. The molecular formula is C19H28N6O2. The van der Waals surface area contributed by atoms with Gasteiger partial charge in [0.2, 0.25) is 5.95 Å². The number of fused-ring (bicyclic) bond motifs is 1. The van der Waals surface area contributed by atoms with Crippen molar-refractivity contribution in [2.24, 2.45) is 0 Å². The van der Waals surface area contributed by atoms with Crippen molar-refractivity contribution < 1.29 is 9.90 Å². The van der Waals surface area contributed by atoms with Crippen molar-refractivity contribution in [3.8, 4) is 0 Å². The van der Waals surface area contributed by atoms with Gasteiger partial charge in [0.1, 0.15) is 5.82 Å². The van der Waals surface area contributed by atoms with Gasteiger partial charge < -0.3 is 25.5 Å². The van der Waals surface area contributed by atoms with E-state index in [9.17, 15) is 4.79 Å². The van der Waals surface area contributed by atoms with Gasteiger partial charge in [-0.2, -0.15) is 4.98 Å². The van der Waals surface area contributed by atoms with Crippen molar-refractivity contribution in [3.63, 3.8) is 0 Å². The molecule has 1 saturated heterocycles. The minimum Gasteiger partial charge on any atom is -0.465 e. The molecule has 2 aromatic rings. The second-order valence-electron chi connectivity index (χ2n) is 7.18. The number of likely N-dealkylation sites (tertiary alicyclic amines) is 1. The summed E-state index contributed by atoms with van der Waals surface area (Å²) >= 11 is 0. The van der Waals surface area contributed by atoms with Crippen LogP contribution in [0.4, 0.5) is 16.6 Å². The molecule has 0 aliphatic carbocycles. The van der Waals surface area contributed by atoms with Gasteiger partial charge in [0.15, 0.2) is 0 Å². The summed E-state index contributed by atoms with van der Waals surface area (Å²) in [5.41, 5.74) is 0.896. The Kier molecular flexibility index (Phi) is 6.28. The molecule has 146 valence electrons. The topological polar surface area (TPSA) is 93.6 Å². The zero-order chi connectivity index (χ0) is 19.2. The van der Waals surface area contributed by atoms with Crippen LogP contribution in [-0.2, 0) is 0 Å². The molecule has 0 bridgehead atoms. The van der Waals surface area contributed by atoms with Crippen molar-refractivity contribution in [1.29, 1.82) is 0 Å². The minimum atomic E-state index is -0.842. The lowest BCUT2D eigenvalue weighted by atomic mass is 10.1. The Labute approximate surface area is 159 Å². The number of carboxylic acid groups (broad SMARTS) is 1. The van der Waals surface area contributed by atoms with Gasteiger partial charge in [0.05, 0.1) is 5.52 Å². The highest BCUT2D eigenvalue weighted by Crippen LogP contribution is 2.24. The molecule has 8 heteroatoms. The van der Waals surface area contributed by atoms with Gasteiger partial charge in [0, 0.05) is 31.1 Å². The first-order valence-corrected chi connectivity index (χ1v) is 9.42. The summed E-state index contributed by atoms with van der Waals surface area (Å²) in [6.45, 7) is 2.91. The number of hydrogen-bond donors (Lipinski definition) is 3. The van der Waals surface area contributed by atoms with Crippen LogP contribution in [0, 0.1) is 0 Å². The molecule has 0 saturated carbocycles. The number of aromatic nitrogens is 2. The van der Waals surface area contributed by atoms with E-state index in [1.54, 1.807) is 0 Å². The maximum Gasteiger partial charge on any atom is 0.407 e. The zero-order valence-corrected chi connectivity index (χ0v) is 16.0. The first-order valence-electron chi connectivity index (χ1n) is 9.42. The quantitative estimate of drug-likeness (QED) is 0.643. The van der Waals surface area contributed by atoms with E-state index >= 15 is 0 Å². The lowest BCUT2D eigenvalue weighted by molar-refractivity contribution is 0.134. The molecule has 0 atom stereocenters. The molecular weight excluding hydrogens is 344 g/mol.